The number of guanidine groups is 1. The second-order valence-electron chi connectivity index (χ2n) is 4.03. The van der Waals surface area contributed by atoms with Crippen molar-refractivity contribution in [3.63, 3.8) is 0 Å². The highest BCUT2D eigenvalue weighted by atomic mass is 32.2. The van der Waals surface area contributed by atoms with Crippen molar-refractivity contribution in [1.82, 2.24) is 10.6 Å². The molecule has 15 heavy (non-hydrogen) atoms. The Morgan fingerprint density at radius 2 is 2.33 bits per heavy atom. The highest BCUT2D eigenvalue weighted by molar-refractivity contribution is 7.98. The average Bonchev–Trinajstić information content (AvgIpc) is 2.96. The third-order valence-electron chi connectivity index (χ3n) is 2.73. The first-order valence-electron chi connectivity index (χ1n) is 5.78. The maximum Gasteiger partial charge on any atom is 0.191 e. The van der Waals surface area contributed by atoms with Crippen LogP contribution in [0.3, 0.4) is 0 Å². The molecule has 1 saturated carbocycles. The van der Waals surface area contributed by atoms with Crippen molar-refractivity contribution in [2.45, 2.75) is 32.2 Å². The summed E-state index contributed by atoms with van der Waals surface area (Å²) >= 11 is 1.85. The fourth-order valence-electron chi connectivity index (χ4n) is 1.76. The summed E-state index contributed by atoms with van der Waals surface area (Å²) in [5.74, 6) is 2.98. The van der Waals surface area contributed by atoms with Crippen molar-refractivity contribution in [2.24, 2.45) is 10.9 Å². The summed E-state index contributed by atoms with van der Waals surface area (Å²) in [5, 5.41) is 6.79. The van der Waals surface area contributed by atoms with Gasteiger partial charge >= 0.3 is 0 Å². The van der Waals surface area contributed by atoms with Crippen LogP contribution in [0.4, 0.5) is 0 Å². The summed E-state index contributed by atoms with van der Waals surface area (Å²) in [5.41, 5.74) is 0. The predicted molar refractivity (Wildman–Crippen MR) is 69.7 cm³/mol. The van der Waals surface area contributed by atoms with Crippen LogP contribution in [0.25, 0.3) is 0 Å². The van der Waals surface area contributed by atoms with E-state index in [2.05, 4.69) is 28.8 Å². The monoisotopic (exact) mass is 229 g/mol. The van der Waals surface area contributed by atoms with Crippen LogP contribution in [0, 0.1) is 5.92 Å². The van der Waals surface area contributed by atoms with Crippen molar-refractivity contribution in [3.05, 3.63) is 0 Å². The summed E-state index contributed by atoms with van der Waals surface area (Å²) in [6.07, 6.45) is 6.08. The normalized spacial score (nSPS) is 25.1. The standard InChI is InChI=1S/C11H23N3S/c1-4-5-9-8-10(9)14-11(12-2)13-6-7-15-3/h9-10H,4-8H2,1-3H3,(H2,12,13,14). The molecule has 3 nitrogen and oxygen atoms in total. The molecule has 1 rings (SSSR count). The van der Waals surface area contributed by atoms with Crippen molar-refractivity contribution in [3.8, 4) is 0 Å². The lowest BCUT2D eigenvalue weighted by Crippen LogP contribution is -2.40. The number of hydrogen-bond donors (Lipinski definition) is 2. The largest absolute Gasteiger partial charge is 0.356 e. The zero-order valence-electron chi connectivity index (χ0n) is 10.0. The van der Waals surface area contributed by atoms with Crippen LogP contribution in [-0.2, 0) is 0 Å². The Balaban J connectivity index is 2.13. The zero-order valence-corrected chi connectivity index (χ0v) is 10.9. The number of hydrogen-bond acceptors (Lipinski definition) is 2. The second kappa shape index (κ2) is 6.99. The van der Waals surface area contributed by atoms with E-state index in [1.165, 1.54) is 19.3 Å². The predicted octanol–water partition coefficient (Wildman–Crippen LogP) is 1.70. The quantitative estimate of drug-likeness (QED) is 0.413. The first kappa shape index (κ1) is 12.7. The molecule has 0 bridgehead atoms. The summed E-state index contributed by atoms with van der Waals surface area (Å²) in [7, 11) is 1.84. The fraction of sp³-hybridized carbons (Fsp3) is 0.909. The SMILES string of the molecule is CCCC1CC1NC(=NC)NCCSC. The molecule has 4 heteroatoms. The van der Waals surface area contributed by atoms with Crippen LogP contribution in [0.2, 0.25) is 0 Å². The van der Waals surface area contributed by atoms with Gasteiger partial charge in [-0.1, -0.05) is 13.3 Å². The van der Waals surface area contributed by atoms with E-state index in [0.717, 1.165) is 24.2 Å². The smallest absolute Gasteiger partial charge is 0.191 e. The van der Waals surface area contributed by atoms with Crippen LogP contribution in [0.15, 0.2) is 4.99 Å². The summed E-state index contributed by atoms with van der Waals surface area (Å²) in [6.45, 7) is 3.24. The Morgan fingerprint density at radius 1 is 1.53 bits per heavy atom. The molecule has 88 valence electrons. The van der Waals surface area contributed by atoms with E-state index in [1.807, 2.05) is 18.8 Å². The third kappa shape index (κ3) is 4.78. The zero-order chi connectivity index (χ0) is 11.1. The fourth-order valence-corrected chi connectivity index (χ4v) is 2.06. The van der Waals surface area contributed by atoms with Gasteiger partial charge in [-0.25, -0.2) is 0 Å². The molecular formula is C11H23N3S. The first-order chi connectivity index (χ1) is 7.31. The molecule has 2 atom stereocenters. The summed E-state index contributed by atoms with van der Waals surface area (Å²) in [4.78, 5) is 4.22. The van der Waals surface area contributed by atoms with Crippen LogP contribution < -0.4 is 10.6 Å². The molecule has 0 aliphatic heterocycles. The maximum absolute atomic E-state index is 4.22. The van der Waals surface area contributed by atoms with Crippen LogP contribution in [-0.4, -0.2) is 37.6 Å². The van der Waals surface area contributed by atoms with Gasteiger partial charge in [0.05, 0.1) is 0 Å². The van der Waals surface area contributed by atoms with E-state index in [4.69, 9.17) is 0 Å². The van der Waals surface area contributed by atoms with Gasteiger partial charge in [0, 0.05) is 25.4 Å². The van der Waals surface area contributed by atoms with E-state index < -0.39 is 0 Å². The lowest BCUT2D eigenvalue weighted by Gasteiger charge is -2.10. The third-order valence-corrected chi connectivity index (χ3v) is 3.34. The maximum atomic E-state index is 4.22. The number of nitrogens with one attached hydrogen (secondary N) is 2. The van der Waals surface area contributed by atoms with Gasteiger partial charge < -0.3 is 10.6 Å². The number of rotatable bonds is 6. The molecule has 1 fully saturated rings. The lowest BCUT2D eigenvalue weighted by atomic mass is 10.2. The summed E-state index contributed by atoms with van der Waals surface area (Å²) < 4.78 is 0. The Bertz CT molecular complexity index is 206. The molecule has 0 aromatic rings. The van der Waals surface area contributed by atoms with Gasteiger partial charge in [-0.3, -0.25) is 4.99 Å². The van der Waals surface area contributed by atoms with E-state index in [9.17, 15) is 0 Å². The van der Waals surface area contributed by atoms with Gasteiger partial charge in [-0.15, -0.1) is 0 Å². The number of aliphatic imine (C=N–C) groups is 1. The molecule has 0 heterocycles. The molecule has 0 spiro atoms. The van der Waals surface area contributed by atoms with Crippen molar-refractivity contribution < 1.29 is 0 Å². The Labute approximate surface area is 97.5 Å². The van der Waals surface area contributed by atoms with Crippen LogP contribution in [0.5, 0.6) is 0 Å². The van der Waals surface area contributed by atoms with Gasteiger partial charge in [0.25, 0.3) is 0 Å². The molecular weight excluding hydrogens is 206 g/mol. The molecule has 1 aliphatic carbocycles. The molecule has 2 unspecified atom stereocenters. The van der Waals surface area contributed by atoms with E-state index in [-0.39, 0.29) is 0 Å². The Morgan fingerprint density at radius 3 is 2.93 bits per heavy atom. The Hall–Kier alpha value is -0.380. The van der Waals surface area contributed by atoms with E-state index in [1.54, 1.807) is 0 Å². The summed E-state index contributed by atoms with van der Waals surface area (Å²) in [6, 6.07) is 0.672. The van der Waals surface area contributed by atoms with Gasteiger partial charge in [-0.2, -0.15) is 11.8 Å². The molecule has 0 amide bonds. The second-order valence-corrected chi connectivity index (χ2v) is 5.01. The van der Waals surface area contributed by atoms with Gasteiger partial charge in [0.2, 0.25) is 0 Å². The molecule has 0 aromatic carbocycles. The highest BCUT2D eigenvalue weighted by Crippen LogP contribution is 2.34. The van der Waals surface area contributed by atoms with Gasteiger partial charge in [0.15, 0.2) is 5.96 Å². The number of thioether (sulfide) groups is 1. The van der Waals surface area contributed by atoms with E-state index in [0.29, 0.717) is 6.04 Å². The molecule has 1 aliphatic rings. The van der Waals surface area contributed by atoms with E-state index >= 15 is 0 Å². The van der Waals surface area contributed by atoms with Crippen molar-refractivity contribution >= 4 is 17.7 Å². The lowest BCUT2D eigenvalue weighted by molar-refractivity contribution is 0.657. The Kier molecular flexibility index (Phi) is 5.91. The minimum atomic E-state index is 0.672. The van der Waals surface area contributed by atoms with Crippen LogP contribution in [0.1, 0.15) is 26.2 Å². The number of nitrogens with zero attached hydrogens (tertiary/aromatic N) is 1. The molecule has 0 saturated heterocycles. The minimum absolute atomic E-state index is 0.672. The van der Waals surface area contributed by atoms with Gasteiger partial charge in [0.1, 0.15) is 0 Å². The first-order valence-corrected chi connectivity index (χ1v) is 7.17. The average molecular weight is 229 g/mol. The highest BCUT2D eigenvalue weighted by Gasteiger charge is 2.36. The topological polar surface area (TPSA) is 36.4 Å². The molecule has 2 N–H and O–H groups in total. The van der Waals surface area contributed by atoms with Crippen LogP contribution >= 0.6 is 11.8 Å². The molecule has 0 aromatic heterocycles. The van der Waals surface area contributed by atoms with Gasteiger partial charge in [-0.05, 0) is 25.0 Å². The van der Waals surface area contributed by atoms with Crippen molar-refractivity contribution in [2.75, 3.05) is 25.6 Å². The molecule has 0 radical (unpaired) electrons. The minimum Gasteiger partial charge on any atom is -0.356 e. The van der Waals surface area contributed by atoms with Crippen molar-refractivity contribution in [1.29, 1.82) is 0 Å².